The number of methoxy groups -OCH3 is 1. The fourth-order valence-corrected chi connectivity index (χ4v) is 3.76. The number of aryl methyl sites for hydroxylation is 3. The van der Waals surface area contributed by atoms with Gasteiger partial charge in [0.05, 0.1) is 12.8 Å². The Kier molecular flexibility index (Phi) is 8.59. The van der Waals surface area contributed by atoms with Crippen LogP contribution in [-0.2, 0) is 6.54 Å². The summed E-state index contributed by atoms with van der Waals surface area (Å²) in [5, 5.41) is 8.03. The first kappa shape index (κ1) is 22.5. The van der Waals surface area contributed by atoms with Crippen LogP contribution in [0.5, 0.6) is 5.75 Å². The number of nitrogens with zero attached hydrogens (tertiary/aromatic N) is 4. The van der Waals surface area contributed by atoms with E-state index in [1.54, 1.807) is 7.11 Å². The first-order valence-corrected chi connectivity index (χ1v) is 9.71. The SMILES string of the molecule is CN=C(NCCCn1nc(C)cc1C)N1CCC(c2ccc(OC)cc2)C1.I. The molecule has 0 saturated carbocycles. The standard InChI is InChI=1S/C21H31N5O.HI/c1-16-14-17(2)26(24-16)12-5-11-23-21(22-3)25-13-10-19(15-25)18-6-8-20(27-4)9-7-18;/h6-9,14,19H,5,10-13,15H2,1-4H3,(H,22,23);1H. The van der Waals surface area contributed by atoms with E-state index in [0.29, 0.717) is 5.92 Å². The minimum absolute atomic E-state index is 0. The van der Waals surface area contributed by atoms with Gasteiger partial charge in [-0.05, 0) is 50.5 Å². The number of benzene rings is 1. The van der Waals surface area contributed by atoms with Crippen molar-refractivity contribution in [3.8, 4) is 5.75 Å². The summed E-state index contributed by atoms with van der Waals surface area (Å²) in [6, 6.07) is 10.6. The van der Waals surface area contributed by atoms with Crippen molar-refractivity contribution < 1.29 is 4.74 Å². The lowest BCUT2D eigenvalue weighted by atomic mass is 9.98. The molecule has 1 unspecified atom stereocenters. The molecule has 0 amide bonds. The normalized spacial score (nSPS) is 16.8. The molecule has 1 N–H and O–H groups in total. The van der Waals surface area contributed by atoms with Crippen molar-refractivity contribution in [1.29, 1.82) is 0 Å². The number of hydrogen-bond donors (Lipinski definition) is 1. The van der Waals surface area contributed by atoms with Gasteiger partial charge in [0, 0.05) is 44.8 Å². The van der Waals surface area contributed by atoms with Gasteiger partial charge in [0.1, 0.15) is 5.75 Å². The number of hydrogen-bond acceptors (Lipinski definition) is 3. The summed E-state index contributed by atoms with van der Waals surface area (Å²) in [5.74, 6) is 2.46. The minimum atomic E-state index is 0. The lowest BCUT2D eigenvalue weighted by Crippen LogP contribution is -2.40. The van der Waals surface area contributed by atoms with Crippen LogP contribution in [0.2, 0.25) is 0 Å². The smallest absolute Gasteiger partial charge is 0.193 e. The highest BCUT2D eigenvalue weighted by Gasteiger charge is 2.25. The fraction of sp³-hybridized carbons (Fsp3) is 0.524. The van der Waals surface area contributed by atoms with Gasteiger partial charge in [-0.25, -0.2) is 0 Å². The van der Waals surface area contributed by atoms with E-state index in [1.807, 2.05) is 26.1 Å². The van der Waals surface area contributed by atoms with Crippen molar-refractivity contribution in [2.75, 3.05) is 33.8 Å². The second-order valence-electron chi connectivity index (χ2n) is 7.18. The number of likely N-dealkylation sites (tertiary alicyclic amines) is 1. The van der Waals surface area contributed by atoms with Crippen LogP contribution >= 0.6 is 24.0 Å². The molecule has 1 aromatic carbocycles. The molecule has 6 nitrogen and oxygen atoms in total. The topological polar surface area (TPSA) is 54.7 Å². The fourth-order valence-electron chi connectivity index (χ4n) is 3.76. The molecule has 2 aromatic rings. The van der Waals surface area contributed by atoms with Crippen molar-refractivity contribution in [2.45, 2.75) is 39.2 Å². The van der Waals surface area contributed by atoms with Crippen LogP contribution in [-0.4, -0.2) is 54.4 Å². The second-order valence-corrected chi connectivity index (χ2v) is 7.18. The van der Waals surface area contributed by atoms with Crippen molar-refractivity contribution in [1.82, 2.24) is 20.0 Å². The van der Waals surface area contributed by atoms with Crippen LogP contribution in [0.15, 0.2) is 35.3 Å². The maximum absolute atomic E-state index is 5.26. The molecule has 1 aromatic heterocycles. The predicted molar refractivity (Wildman–Crippen MR) is 125 cm³/mol. The maximum atomic E-state index is 5.26. The highest BCUT2D eigenvalue weighted by Crippen LogP contribution is 2.28. The molecule has 0 bridgehead atoms. The summed E-state index contributed by atoms with van der Waals surface area (Å²) in [6.07, 6.45) is 2.18. The van der Waals surface area contributed by atoms with Gasteiger partial charge in [-0.2, -0.15) is 5.10 Å². The van der Waals surface area contributed by atoms with E-state index in [9.17, 15) is 0 Å². The van der Waals surface area contributed by atoms with Gasteiger partial charge in [-0.3, -0.25) is 9.67 Å². The lowest BCUT2D eigenvalue weighted by Gasteiger charge is -2.22. The number of guanidine groups is 1. The molecule has 1 atom stereocenters. The van der Waals surface area contributed by atoms with E-state index in [0.717, 1.165) is 56.4 Å². The molecule has 0 radical (unpaired) electrons. The van der Waals surface area contributed by atoms with Crippen molar-refractivity contribution in [3.05, 3.63) is 47.3 Å². The summed E-state index contributed by atoms with van der Waals surface area (Å²) in [7, 11) is 3.57. The maximum Gasteiger partial charge on any atom is 0.193 e. The first-order chi connectivity index (χ1) is 13.1. The van der Waals surface area contributed by atoms with E-state index >= 15 is 0 Å². The number of nitrogens with one attached hydrogen (secondary N) is 1. The van der Waals surface area contributed by atoms with E-state index < -0.39 is 0 Å². The molecular weight excluding hydrogens is 465 g/mol. The van der Waals surface area contributed by atoms with Crippen LogP contribution in [0.4, 0.5) is 0 Å². The first-order valence-electron chi connectivity index (χ1n) is 9.71. The number of aliphatic imine (C=N–C) groups is 1. The monoisotopic (exact) mass is 497 g/mol. The minimum Gasteiger partial charge on any atom is -0.497 e. The molecule has 3 rings (SSSR count). The summed E-state index contributed by atoms with van der Waals surface area (Å²) in [6.45, 7) is 8.01. The van der Waals surface area contributed by atoms with Crippen LogP contribution in [0.25, 0.3) is 0 Å². The van der Waals surface area contributed by atoms with Crippen molar-refractivity contribution in [3.63, 3.8) is 0 Å². The molecule has 1 aliphatic rings. The van der Waals surface area contributed by atoms with E-state index in [2.05, 4.69) is 50.1 Å². The lowest BCUT2D eigenvalue weighted by molar-refractivity contribution is 0.414. The molecule has 1 saturated heterocycles. The number of ether oxygens (including phenoxy) is 1. The third-order valence-corrected chi connectivity index (χ3v) is 5.22. The molecule has 0 spiro atoms. The number of halogens is 1. The predicted octanol–water partition coefficient (Wildman–Crippen LogP) is 3.58. The van der Waals surface area contributed by atoms with Gasteiger partial charge in [-0.1, -0.05) is 12.1 Å². The quantitative estimate of drug-likeness (QED) is 0.287. The summed E-state index contributed by atoms with van der Waals surface area (Å²) >= 11 is 0. The average molecular weight is 497 g/mol. The Hall–Kier alpha value is -1.77. The molecule has 28 heavy (non-hydrogen) atoms. The van der Waals surface area contributed by atoms with Gasteiger partial charge in [0.15, 0.2) is 5.96 Å². The third-order valence-electron chi connectivity index (χ3n) is 5.22. The van der Waals surface area contributed by atoms with E-state index in [1.165, 1.54) is 11.3 Å². The number of rotatable bonds is 6. The van der Waals surface area contributed by atoms with E-state index in [4.69, 9.17) is 4.74 Å². The molecular formula is C21H32IN5O. The highest BCUT2D eigenvalue weighted by molar-refractivity contribution is 14.0. The van der Waals surface area contributed by atoms with Crippen LogP contribution in [0.3, 0.4) is 0 Å². The molecule has 154 valence electrons. The summed E-state index contributed by atoms with van der Waals surface area (Å²) in [5.41, 5.74) is 3.68. The molecule has 1 fully saturated rings. The Labute approximate surface area is 185 Å². The Bertz CT molecular complexity index is 772. The summed E-state index contributed by atoms with van der Waals surface area (Å²) < 4.78 is 7.34. The Morgan fingerprint density at radius 3 is 2.64 bits per heavy atom. The highest BCUT2D eigenvalue weighted by atomic mass is 127. The molecule has 7 heteroatoms. The van der Waals surface area contributed by atoms with Gasteiger partial charge in [0.2, 0.25) is 0 Å². The summed E-state index contributed by atoms with van der Waals surface area (Å²) in [4.78, 5) is 6.84. The second kappa shape index (κ2) is 10.7. The molecule has 2 heterocycles. The zero-order chi connectivity index (χ0) is 19.2. The van der Waals surface area contributed by atoms with Gasteiger partial charge in [0.25, 0.3) is 0 Å². The van der Waals surface area contributed by atoms with Crippen LogP contribution < -0.4 is 10.1 Å². The number of aromatic nitrogens is 2. The average Bonchev–Trinajstić information content (AvgIpc) is 3.28. The Morgan fingerprint density at radius 1 is 1.29 bits per heavy atom. The van der Waals surface area contributed by atoms with Crippen molar-refractivity contribution >= 4 is 29.9 Å². The largest absolute Gasteiger partial charge is 0.497 e. The molecule has 0 aliphatic carbocycles. The zero-order valence-corrected chi connectivity index (χ0v) is 19.6. The Balaban J connectivity index is 0.00000280. The van der Waals surface area contributed by atoms with Crippen LogP contribution in [0.1, 0.15) is 35.7 Å². The Morgan fingerprint density at radius 2 is 2.04 bits per heavy atom. The van der Waals surface area contributed by atoms with E-state index in [-0.39, 0.29) is 24.0 Å². The molecule has 1 aliphatic heterocycles. The zero-order valence-electron chi connectivity index (χ0n) is 17.3. The van der Waals surface area contributed by atoms with Crippen molar-refractivity contribution in [2.24, 2.45) is 4.99 Å². The van der Waals surface area contributed by atoms with Gasteiger partial charge >= 0.3 is 0 Å². The third kappa shape index (κ3) is 5.62. The van der Waals surface area contributed by atoms with Crippen LogP contribution in [0, 0.1) is 13.8 Å². The van der Waals surface area contributed by atoms with Gasteiger partial charge in [-0.15, -0.1) is 24.0 Å². The van der Waals surface area contributed by atoms with Gasteiger partial charge < -0.3 is 15.0 Å².